The fraction of sp³-hybridized carbons (Fsp3) is 0.292. The van der Waals surface area contributed by atoms with Gasteiger partial charge >= 0.3 is 0 Å². The van der Waals surface area contributed by atoms with Crippen molar-refractivity contribution < 1.29 is 13.9 Å². The van der Waals surface area contributed by atoms with Crippen LogP contribution in [0.5, 0.6) is 0 Å². The van der Waals surface area contributed by atoms with Gasteiger partial charge in [-0.15, -0.1) is 10.2 Å². The molecule has 0 N–H and O–H groups in total. The Bertz CT molecular complexity index is 1270. The standard InChI is InChI=1S/C24H24N4O3S/c1-16-7-3-5-9-19(16)28-23(27-11-13-30-14-12-27)25-26-24(28)32-15-20(29)22-17(2)18-8-4-6-10-21(18)31-22/h3-10H,11-15H2,1-2H3. The average molecular weight is 449 g/mol. The van der Waals surface area contributed by atoms with Crippen LogP contribution in [0.3, 0.4) is 0 Å². The number of carbonyl (C=O) groups excluding carboxylic acids is 1. The molecule has 32 heavy (non-hydrogen) atoms. The third-order valence-electron chi connectivity index (χ3n) is 5.70. The number of aryl methyl sites for hydroxylation is 2. The molecule has 0 aliphatic carbocycles. The van der Waals surface area contributed by atoms with Gasteiger partial charge in [0.15, 0.2) is 10.9 Å². The first kappa shape index (κ1) is 20.8. The first-order chi connectivity index (χ1) is 15.6. The number of ether oxygens (including phenoxy) is 1. The number of thioether (sulfide) groups is 1. The molecule has 7 nitrogen and oxygen atoms in total. The Morgan fingerprint density at radius 3 is 2.56 bits per heavy atom. The molecular formula is C24H24N4O3S. The van der Waals surface area contributed by atoms with Crippen molar-refractivity contribution in [2.24, 2.45) is 0 Å². The molecule has 1 aliphatic heterocycles. The second-order valence-electron chi connectivity index (χ2n) is 7.77. The lowest BCUT2D eigenvalue weighted by molar-refractivity contribution is 0.0993. The molecule has 0 spiro atoms. The number of rotatable bonds is 6. The SMILES string of the molecule is Cc1ccccc1-n1c(SCC(=O)c2oc3ccccc3c2C)nnc1N1CCOCC1. The lowest BCUT2D eigenvalue weighted by atomic mass is 10.1. The summed E-state index contributed by atoms with van der Waals surface area (Å²) in [5.41, 5.74) is 3.73. The summed E-state index contributed by atoms with van der Waals surface area (Å²) >= 11 is 1.38. The number of hydrogen-bond acceptors (Lipinski definition) is 7. The van der Waals surface area contributed by atoms with Crippen LogP contribution >= 0.6 is 11.8 Å². The van der Waals surface area contributed by atoms with E-state index in [-0.39, 0.29) is 11.5 Å². The van der Waals surface area contributed by atoms with E-state index in [1.165, 1.54) is 11.8 Å². The molecule has 5 rings (SSSR count). The minimum Gasteiger partial charge on any atom is -0.453 e. The van der Waals surface area contributed by atoms with Crippen molar-refractivity contribution in [2.45, 2.75) is 19.0 Å². The zero-order valence-corrected chi connectivity index (χ0v) is 18.9. The largest absolute Gasteiger partial charge is 0.453 e. The molecule has 0 atom stereocenters. The summed E-state index contributed by atoms with van der Waals surface area (Å²) in [4.78, 5) is 15.2. The Morgan fingerprint density at radius 1 is 1.03 bits per heavy atom. The maximum Gasteiger partial charge on any atom is 0.232 e. The van der Waals surface area contributed by atoms with Crippen LogP contribution < -0.4 is 4.90 Å². The smallest absolute Gasteiger partial charge is 0.232 e. The van der Waals surface area contributed by atoms with E-state index in [1.54, 1.807) is 0 Å². The van der Waals surface area contributed by atoms with E-state index in [0.29, 0.717) is 24.1 Å². The Morgan fingerprint density at radius 2 is 1.78 bits per heavy atom. The van der Waals surface area contributed by atoms with Gasteiger partial charge in [0.1, 0.15) is 5.58 Å². The van der Waals surface area contributed by atoms with E-state index in [1.807, 2.05) is 47.9 Å². The number of anilines is 1. The molecule has 0 unspecified atom stereocenters. The van der Waals surface area contributed by atoms with Gasteiger partial charge in [0.05, 0.1) is 24.7 Å². The van der Waals surface area contributed by atoms with Crippen LogP contribution in [0, 0.1) is 13.8 Å². The third-order valence-corrected chi connectivity index (χ3v) is 6.62. The topological polar surface area (TPSA) is 73.4 Å². The van der Waals surface area contributed by atoms with Crippen LogP contribution in [-0.2, 0) is 4.74 Å². The summed E-state index contributed by atoms with van der Waals surface area (Å²) in [6, 6.07) is 15.9. The maximum atomic E-state index is 13.0. The number of nitrogens with zero attached hydrogens (tertiary/aromatic N) is 4. The Labute approximate surface area is 190 Å². The number of para-hydroxylation sites is 2. The molecule has 0 amide bonds. The molecule has 1 fully saturated rings. The van der Waals surface area contributed by atoms with Crippen LogP contribution in [-0.4, -0.2) is 52.6 Å². The van der Waals surface area contributed by atoms with E-state index in [0.717, 1.165) is 46.8 Å². The van der Waals surface area contributed by atoms with Gasteiger partial charge in [-0.1, -0.05) is 48.2 Å². The molecule has 164 valence electrons. The van der Waals surface area contributed by atoms with Gasteiger partial charge in [0.2, 0.25) is 11.7 Å². The summed E-state index contributed by atoms with van der Waals surface area (Å²) < 4.78 is 13.4. The summed E-state index contributed by atoms with van der Waals surface area (Å²) in [5.74, 6) is 1.34. The highest BCUT2D eigenvalue weighted by Gasteiger charge is 2.24. The van der Waals surface area contributed by atoms with E-state index in [9.17, 15) is 4.79 Å². The molecule has 2 aromatic heterocycles. The van der Waals surface area contributed by atoms with Crippen molar-refractivity contribution in [3.63, 3.8) is 0 Å². The number of aromatic nitrogens is 3. The number of benzene rings is 2. The fourth-order valence-electron chi connectivity index (χ4n) is 3.98. The first-order valence-electron chi connectivity index (χ1n) is 10.6. The van der Waals surface area contributed by atoms with Crippen molar-refractivity contribution in [1.82, 2.24) is 14.8 Å². The minimum atomic E-state index is -0.0593. The van der Waals surface area contributed by atoms with Gasteiger partial charge in [-0.25, -0.2) is 0 Å². The van der Waals surface area contributed by atoms with Crippen LogP contribution in [0.25, 0.3) is 16.7 Å². The molecule has 2 aromatic carbocycles. The van der Waals surface area contributed by atoms with Crippen LogP contribution in [0.1, 0.15) is 21.7 Å². The second-order valence-corrected chi connectivity index (χ2v) is 8.71. The monoisotopic (exact) mass is 448 g/mol. The van der Waals surface area contributed by atoms with Crippen LogP contribution in [0.2, 0.25) is 0 Å². The zero-order valence-electron chi connectivity index (χ0n) is 18.1. The maximum absolute atomic E-state index is 13.0. The molecule has 1 saturated heterocycles. The predicted molar refractivity (Wildman–Crippen MR) is 125 cm³/mol. The van der Waals surface area contributed by atoms with Gasteiger partial charge in [-0.2, -0.15) is 0 Å². The van der Waals surface area contributed by atoms with Gasteiger partial charge < -0.3 is 14.1 Å². The van der Waals surface area contributed by atoms with Crippen LogP contribution in [0.4, 0.5) is 5.95 Å². The van der Waals surface area contributed by atoms with Gasteiger partial charge in [0.25, 0.3) is 0 Å². The van der Waals surface area contributed by atoms with Crippen molar-refractivity contribution in [1.29, 1.82) is 0 Å². The van der Waals surface area contributed by atoms with E-state index >= 15 is 0 Å². The third kappa shape index (κ3) is 3.80. The summed E-state index contributed by atoms with van der Waals surface area (Å²) in [7, 11) is 0. The number of Topliss-reactive ketones (excluding diaryl/α,β-unsaturated/α-hetero) is 1. The molecule has 0 saturated carbocycles. The van der Waals surface area contributed by atoms with E-state index in [2.05, 4.69) is 34.2 Å². The number of morpholine rings is 1. The van der Waals surface area contributed by atoms with Gasteiger partial charge in [0, 0.05) is 24.0 Å². The van der Waals surface area contributed by atoms with Crippen molar-refractivity contribution in [3.05, 3.63) is 65.4 Å². The number of fused-ring (bicyclic) bond motifs is 1. The van der Waals surface area contributed by atoms with Crippen molar-refractivity contribution >= 4 is 34.5 Å². The highest BCUT2D eigenvalue weighted by Crippen LogP contribution is 2.31. The van der Waals surface area contributed by atoms with E-state index < -0.39 is 0 Å². The summed E-state index contributed by atoms with van der Waals surface area (Å²) in [6.07, 6.45) is 0. The highest BCUT2D eigenvalue weighted by atomic mass is 32.2. The van der Waals surface area contributed by atoms with Gasteiger partial charge in [-0.05, 0) is 31.5 Å². The van der Waals surface area contributed by atoms with Gasteiger partial charge in [-0.3, -0.25) is 9.36 Å². The second kappa shape index (κ2) is 8.80. The highest BCUT2D eigenvalue weighted by molar-refractivity contribution is 7.99. The van der Waals surface area contributed by atoms with Crippen molar-refractivity contribution in [2.75, 3.05) is 37.0 Å². The summed E-state index contributed by atoms with van der Waals surface area (Å²) in [5, 5.41) is 10.6. The lowest BCUT2D eigenvalue weighted by Gasteiger charge is -2.28. The van der Waals surface area contributed by atoms with Crippen LogP contribution in [0.15, 0.2) is 58.1 Å². The molecule has 1 aliphatic rings. The number of furan rings is 1. The molecule has 4 aromatic rings. The molecular weight excluding hydrogens is 424 g/mol. The zero-order chi connectivity index (χ0) is 22.1. The first-order valence-corrected chi connectivity index (χ1v) is 11.6. The lowest BCUT2D eigenvalue weighted by Crippen LogP contribution is -2.38. The molecule has 8 heteroatoms. The Hall–Kier alpha value is -3.10. The molecule has 0 radical (unpaired) electrons. The Kier molecular flexibility index (Phi) is 5.71. The molecule has 3 heterocycles. The fourth-order valence-corrected chi connectivity index (χ4v) is 4.78. The normalized spacial score (nSPS) is 14.2. The molecule has 0 bridgehead atoms. The number of hydrogen-bond donors (Lipinski definition) is 0. The predicted octanol–water partition coefficient (Wildman–Crippen LogP) is 4.44. The van der Waals surface area contributed by atoms with E-state index in [4.69, 9.17) is 9.15 Å². The number of carbonyl (C=O) groups is 1. The Balaban J connectivity index is 1.45. The average Bonchev–Trinajstić information content (AvgIpc) is 3.40. The number of ketones is 1. The minimum absolute atomic E-state index is 0.0593. The summed E-state index contributed by atoms with van der Waals surface area (Å²) in [6.45, 7) is 6.82. The van der Waals surface area contributed by atoms with Crippen molar-refractivity contribution in [3.8, 4) is 5.69 Å². The quantitative estimate of drug-likeness (QED) is 0.319.